The maximum Gasteiger partial charge on any atom is 0.331 e. The molecule has 0 spiro atoms. The van der Waals surface area contributed by atoms with Crippen molar-refractivity contribution >= 4 is 11.9 Å². The van der Waals surface area contributed by atoms with Gasteiger partial charge >= 0.3 is 11.9 Å². The van der Waals surface area contributed by atoms with E-state index in [2.05, 4.69) is 6.92 Å². The van der Waals surface area contributed by atoms with Gasteiger partial charge in [0.1, 0.15) is 6.61 Å². The van der Waals surface area contributed by atoms with Crippen molar-refractivity contribution in [3.8, 4) is 0 Å². The molecule has 5 heteroatoms. The third-order valence-corrected chi connectivity index (χ3v) is 3.02. The van der Waals surface area contributed by atoms with Gasteiger partial charge < -0.3 is 14.2 Å². The van der Waals surface area contributed by atoms with Gasteiger partial charge in [-0.25, -0.2) is 9.59 Å². The van der Waals surface area contributed by atoms with Crippen molar-refractivity contribution in [2.45, 2.75) is 58.8 Å². The molecule has 0 fully saturated rings. The number of carbonyl (C=O) groups is 2. The van der Waals surface area contributed by atoms with Gasteiger partial charge in [-0.2, -0.15) is 0 Å². The number of ether oxygens (including phenoxy) is 3. The third kappa shape index (κ3) is 15.0. The van der Waals surface area contributed by atoms with Gasteiger partial charge in [0.05, 0.1) is 13.2 Å². The molecule has 0 atom stereocenters. The summed E-state index contributed by atoms with van der Waals surface area (Å²) in [4.78, 5) is 22.6. The van der Waals surface area contributed by atoms with Crippen LogP contribution in [0.1, 0.15) is 58.8 Å². The Morgan fingerprint density at radius 3 is 1.86 bits per heavy atom. The molecular weight excluding hydrogens is 284 g/mol. The van der Waals surface area contributed by atoms with Crippen molar-refractivity contribution in [2.24, 2.45) is 0 Å². The molecule has 22 heavy (non-hydrogen) atoms. The molecule has 0 aliphatic heterocycles. The van der Waals surface area contributed by atoms with Crippen LogP contribution in [-0.2, 0) is 23.8 Å². The van der Waals surface area contributed by atoms with Gasteiger partial charge in [0.25, 0.3) is 0 Å². The first-order valence-electron chi connectivity index (χ1n) is 8.30. The molecule has 0 saturated heterocycles. The second-order valence-electron chi connectivity index (χ2n) is 4.99. The Morgan fingerprint density at radius 1 is 0.727 bits per heavy atom. The molecular formula is C17H30O5. The lowest BCUT2D eigenvalue weighted by atomic mass is 10.1. The second-order valence-corrected chi connectivity index (χ2v) is 4.99. The molecule has 5 nitrogen and oxygen atoms in total. The Morgan fingerprint density at radius 2 is 1.27 bits per heavy atom. The monoisotopic (exact) mass is 314 g/mol. The van der Waals surface area contributed by atoms with E-state index in [9.17, 15) is 9.59 Å². The predicted octanol–water partition coefficient (Wildman–Crippen LogP) is 3.42. The van der Waals surface area contributed by atoms with E-state index in [0.717, 1.165) is 25.0 Å². The Hall–Kier alpha value is -1.36. The highest BCUT2D eigenvalue weighted by Gasteiger charge is 2.01. The smallest absolute Gasteiger partial charge is 0.331 e. The van der Waals surface area contributed by atoms with E-state index >= 15 is 0 Å². The first kappa shape index (κ1) is 20.6. The highest BCUT2D eigenvalue weighted by Crippen LogP contribution is 2.06. The van der Waals surface area contributed by atoms with Gasteiger partial charge in [0.2, 0.25) is 0 Å². The lowest BCUT2D eigenvalue weighted by Crippen LogP contribution is -2.09. The van der Waals surface area contributed by atoms with Crippen molar-refractivity contribution < 1.29 is 23.8 Å². The number of unbranched alkanes of at least 4 members (excludes halogenated alkanes) is 6. The zero-order chi connectivity index (χ0) is 16.5. The zero-order valence-electron chi connectivity index (χ0n) is 14.0. The van der Waals surface area contributed by atoms with E-state index in [1.807, 2.05) is 6.92 Å². The highest BCUT2D eigenvalue weighted by atomic mass is 16.6. The van der Waals surface area contributed by atoms with Crippen LogP contribution in [0.5, 0.6) is 0 Å². The molecule has 0 aromatic carbocycles. The second kappa shape index (κ2) is 16.0. The standard InChI is InChI=1S/C17H30O5/c1-3-5-6-7-8-9-10-13-21-16(18)11-12-17(19)22-15-14-20-4-2/h11-12H,3-10,13-15H2,1-2H3/b12-11+. The summed E-state index contributed by atoms with van der Waals surface area (Å²) in [6.07, 6.45) is 10.4. The summed E-state index contributed by atoms with van der Waals surface area (Å²) < 4.78 is 14.9. The van der Waals surface area contributed by atoms with Crippen LogP contribution in [0.25, 0.3) is 0 Å². The van der Waals surface area contributed by atoms with E-state index in [0.29, 0.717) is 19.8 Å². The van der Waals surface area contributed by atoms with E-state index < -0.39 is 11.9 Å². The van der Waals surface area contributed by atoms with Crippen LogP contribution in [-0.4, -0.2) is 38.4 Å². The van der Waals surface area contributed by atoms with Crippen LogP contribution in [0.15, 0.2) is 12.2 Å². The van der Waals surface area contributed by atoms with Crippen LogP contribution >= 0.6 is 0 Å². The topological polar surface area (TPSA) is 61.8 Å². The zero-order valence-corrected chi connectivity index (χ0v) is 14.0. The molecule has 0 bridgehead atoms. The molecule has 0 aliphatic carbocycles. The molecule has 128 valence electrons. The highest BCUT2D eigenvalue weighted by molar-refractivity contribution is 5.91. The van der Waals surface area contributed by atoms with Crippen LogP contribution in [0, 0.1) is 0 Å². The SMILES string of the molecule is CCCCCCCCCOC(=O)/C=C/C(=O)OCCOCC. The van der Waals surface area contributed by atoms with E-state index in [1.54, 1.807) is 0 Å². The fourth-order valence-corrected chi connectivity index (χ4v) is 1.81. The first-order chi connectivity index (χ1) is 10.7. The summed E-state index contributed by atoms with van der Waals surface area (Å²) in [5, 5.41) is 0. The summed E-state index contributed by atoms with van der Waals surface area (Å²) >= 11 is 0. The van der Waals surface area contributed by atoms with Crippen LogP contribution in [0.2, 0.25) is 0 Å². The molecule has 0 aliphatic rings. The first-order valence-corrected chi connectivity index (χ1v) is 8.30. The number of hydrogen-bond acceptors (Lipinski definition) is 5. The third-order valence-electron chi connectivity index (χ3n) is 3.02. The van der Waals surface area contributed by atoms with Crippen molar-refractivity contribution in [1.82, 2.24) is 0 Å². The molecule has 0 aromatic heterocycles. The summed E-state index contributed by atoms with van der Waals surface area (Å²) in [5.74, 6) is -1.07. The minimum absolute atomic E-state index is 0.185. The van der Waals surface area contributed by atoms with Crippen molar-refractivity contribution in [1.29, 1.82) is 0 Å². The lowest BCUT2D eigenvalue weighted by molar-refractivity contribution is -0.141. The van der Waals surface area contributed by atoms with Gasteiger partial charge in [-0.05, 0) is 13.3 Å². The summed E-state index contributed by atoms with van der Waals surface area (Å²) in [6.45, 7) is 5.59. The van der Waals surface area contributed by atoms with Crippen LogP contribution < -0.4 is 0 Å². The average Bonchev–Trinajstić information content (AvgIpc) is 2.52. The van der Waals surface area contributed by atoms with Crippen molar-refractivity contribution in [3.05, 3.63) is 12.2 Å². The fourth-order valence-electron chi connectivity index (χ4n) is 1.81. The van der Waals surface area contributed by atoms with Gasteiger partial charge in [-0.3, -0.25) is 0 Å². The Kier molecular flexibility index (Phi) is 15.0. The van der Waals surface area contributed by atoms with Crippen LogP contribution in [0.4, 0.5) is 0 Å². The van der Waals surface area contributed by atoms with Gasteiger partial charge in [-0.15, -0.1) is 0 Å². The molecule has 0 saturated carbocycles. The van der Waals surface area contributed by atoms with Gasteiger partial charge in [0.15, 0.2) is 0 Å². The number of carbonyl (C=O) groups excluding carboxylic acids is 2. The Labute approximate surface area is 134 Å². The van der Waals surface area contributed by atoms with Gasteiger partial charge in [0, 0.05) is 18.8 Å². The van der Waals surface area contributed by atoms with Crippen molar-refractivity contribution in [3.63, 3.8) is 0 Å². The van der Waals surface area contributed by atoms with Gasteiger partial charge in [-0.1, -0.05) is 45.4 Å². The fraction of sp³-hybridized carbons (Fsp3) is 0.765. The number of esters is 2. The normalized spacial score (nSPS) is 10.8. The molecule has 0 unspecified atom stereocenters. The Bertz CT molecular complexity index is 312. The van der Waals surface area contributed by atoms with E-state index in [-0.39, 0.29) is 6.61 Å². The van der Waals surface area contributed by atoms with E-state index in [4.69, 9.17) is 14.2 Å². The average molecular weight is 314 g/mol. The lowest BCUT2D eigenvalue weighted by Gasteiger charge is -2.03. The molecule has 0 aromatic rings. The summed E-state index contributed by atoms with van der Waals surface area (Å²) in [7, 11) is 0. The predicted molar refractivity (Wildman–Crippen MR) is 85.5 cm³/mol. The maximum atomic E-state index is 11.4. The quantitative estimate of drug-likeness (QED) is 0.279. The number of rotatable bonds is 14. The summed E-state index contributed by atoms with van der Waals surface area (Å²) in [5.41, 5.74) is 0. The molecule has 0 N–H and O–H groups in total. The van der Waals surface area contributed by atoms with E-state index in [1.165, 1.54) is 32.1 Å². The molecule has 0 heterocycles. The minimum Gasteiger partial charge on any atom is -0.463 e. The maximum absolute atomic E-state index is 11.4. The largest absolute Gasteiger partial charge is 0.463 e. The minimum atomic E-state index is -0.562. The molecule has 0 amide bonds. The summed E-state index contributed by atoms with van der Waals surface area (Å²) in [6, 6.07) is 0. The molecule has 0 rings (SSSR count). The van der Waals surface area contributed by atoms with Crippen LogP contribution in [0.3, 0.4) is 0 Å². The Balaban J connectivity index is 3.47. The van der Waals surface area contributed by atoms with Crippen molar-refractivity contribution in [2.75, 3.05) is 26.4 Å². The number of hydrogen-bond donors (Lipinski definition) is 0. The molecule has 0 radical (unpaired) electrons.